The third-order valence-electron chi connectivity index (χ3n) is 5.78. The number of nitrogens with two attached hydrogens (primary N) is 1. The summed E-state index contributed by atoms with van der Waals surface area (Å²) >= 11 is 16.4. The van der Waals surface area contributed by atoms with Gasteiger partial charge in [0.05, 0.1) is 23.3 Å². The third-order valence-corrected chi connectivity index (χ3v) is 9.07. The quantitative estimate of drug-likeness (QED) is 0.365. The number of nitriles is 1. The molecule has 1 aromatic carbocycles. The number of ketones is 1. The Hall–Kier alpha value is -2.95. The number of allylic oxidation sites excluding steroid dienone is 3. The molecule has 3 heterocycles. The lowest BCUT2D eigenvalue weighted by Crippen LogP contribution is -2.38. The highest BCUT2D eigenvalue weighted by Crippen LogP contribution is 2.48. The molecule has 1 aliphatic heterocycles. The molecule has 1 amide bonds. The van der Waals surface area contributed by atoms with Crippen LogP contribution in [0.4, 0.5) is 10.3 Å². The van der Waals surface area contributed by atoms with Crippen LogP contribution in [0.1, 0.15) is 30.7 Å². The van der Waals surface area contributed by atoms with Crippen molar-refractivity contribution in [2.45, 2.75) is 29.5 Å². The van der Waals surface area contributed by atoms with E-state index in [0.717, 1.165) is 0 Å². The maximum atomic E-state index is 13.2. The minimum Gasteiger partial charge on any atom is -0.384 e. The van der Waals surface area contributed by atoms with E-state index in [1.54, 1.807) is 34.7 Å². The summed E-state index contributed by atoms with van der Waals surface area (Å²) in [5, 5.41) is 24.8. The number of carbonyl (C=O) groups is 2. The Morgan fingerprint density at radius 3 is 2.89 bits per heavy atom. The number of amides is 1. The Bertz CT molecular complexity index is 1490. The third kappa shape index (κ3) is 5.10. The van der Waals surface area contributed by atoms with Gasteiger partial charge in [-0.2, -0.15) is 5.26 Å². The molecular weight excluding hydrogens is 573 g/mol. The molecular formula is C23H17Cl2N7O2S3. The number of aromatic nitrogens is 3. The van der Waals surface area contributed by atoms with Crippen molar-refractivity contribution in [1.29, 1.82) is 5.26 Å². The molecule has 3 N–H and O–H groups in total. The smallest absolute Gasteiger partial charge is 0.236 e. The van der Waals surface area contributed by atoms with Gasteiger partial charge >= 0.3 is 0 Å². The number of halogens is 2. The van der Waals surface area contributed by atoms with Gasteiger partial charge in [0.15, 0.2) is 15.3 Å². The molecule has 188 valence electrons. The molecule has 37 heavy (non-hydrogen) atoms. The first-order valence-corrected chi connectivity index (χ1v) is 14.4. The Labute approximate surface area is 234 Å². The van der Waals surface area contributed by atoms with Gasteiger partial charge in [0.25, 0.3) is 0 Å². The minimum atomic E-state index is -0.704. The van der Waals surface area contributed by atoms with E-state index in [9.17, 15) is 14.9 Å². The normalized spacial score (nSPS) is 17.6. The van der Waals surface area contributed by atoms with Crippen LogP contribution in [0.3, 0.4) is 0 Å². The summed E-state index contributed by atoms with van der Waals surface area (Å²) in [5.74, 6) is -0.703. The van der Waals surface area contributed by atoms with Crippen molar-refractivity contribution in [2.24, 2.45) is 5.73 Å². The van der Waals surface area contributed by atoms with Gasteiger partial charge in [-0.15, -0.1) is 21.5 Å². The van der Waals surface area contributed by atoms with Gasteiger partial charge in [-0.05, 0) is 30.5 Å². The number of carbonyl (C=O) groups excluding carboxylic acids is 2. The van der Waals surface area contributed by atoms with Gasteiger partial charge in [0, 0.05) is 39.3 Å². The summed E-state index contributed by atoms with van der Waals surface area (Å²) in [6, 6.07) is 7.17. The van der Waals surface area contributed by atoms with Gasteiger partial charge in [-0.1, -0.05) is 52.4 Å². The summed E-state index contributed by atoms with van der Waals surface area (Å²) in [6.07, 6.45) is 3.18. The first-order chi connectivity index (χ1) is 17.9. The highest BCUT2D eigenvalue weighted by Gasteiger charge is 2.42. The molecule has 1 unspecified atom stereocenters. The number of hydrogen-bond donors (Lipinski definition) is 2. The van der Waals surface area contributed by atoms with E-state index in [1.165, 1.54) is 34.4 Å². The summed E-state index contributed by atoms with van der Waals surface area (Å²) in [4.78, 5) is 31.1. The first-order valence-electron chi connectivity index (χ1n) is 10.9. The number of nitrogens with zero attached hydrogens (tertiary/aromatic N) is 5. The predicted molar refractivity (Wildman–Crippen MR) is 146 cm³/mol. The topological polar surface area (TPSA) is 138 Å². The van der Waals surface area contributed by atoms with Crippen LogP contribution in [-0.2, 0) is 9.59 Å². The number of rotatable bonds is 6. The second-order valence-corrected chi connectivity index (χ2v) is 11.9. The van der Waals surface area contributed by atoms with Crippen LogP contribution < -0.4 is 16.0 Å². The average molecular weight is 591 g/mol. The zero-order chi connectivity index (χ0) is 26.1. The number of Topliss-reactive ketones (excluding diaryl/α,β-unsaturated/α-hetero) is 1. The second kappa shape index (κ2) is 10.8. The van der Waals surface area contributed by atoms with Crippen molar-refractivity contribution < 1.29 is 9.59 Å². The van der Waals surface area contributed by atoms with E-state index >= 15 is 0 Å². The van der Waals surface area contributed by atoms with Crippen molar-refractivity contribution in [1.82, 2.24) is 15.2 Å². The van der Waals surface area contributed by atoms with Crippen LogP contribution in [0.25, 0.3) is 0 Å². The Kier molecular flexibility index (Phi) is 7.50. The molecule has 0 bridgehead atoms. The SMILES string of the molecule is N#CC1=C(N)N(c2nnc(SCC(=O)Nc3nccs3)s2)C2=C(C(=O)CCC2)C1c1ccc(Cl)cc1Cl. The Morgan fingerprint density at radius 1 is 1.32 bits per heavy atom. The average Bonchev–Trinajstić information content (AvgIpc) is 3.55. The lowest BCUT2D eigenvalue weighted by Gasteiger charge is -2.38. The Morgan fingerprint density at radius 2 is 2.16 bits per heavy atom. The monoisotopic (exact) mass is 589 g/mol. The second-order valence-electron chi connectivity index (χ2n) is 8.01. The van der Waals surface area contributed by atoms with E-state index in [1.807, 2.05) is 0 Å². The molecule has 5 rings (SSSR count). The molecule has 2 aliphatic rings. The fourth-order valence-electron chi connectivity index (χ4n) is 4.27. The molecule has 0 fully saturated rings. The first kappa shape index (κ1) is 25.7. The van der Waals surface area contributed by atoms with Gasteiger partial charge in [0.2, 0.25) is 11.0 Å². The van der Waals surface area contributed by atoms with Crippen LogP contribution in [0, 0.1) is 11.3 Å². The van der Waals surface area contributed by atoms with Crippen LogP contribution in [-0.4, -0.2) is 32.6 Å². The number of thiazole rings is 1. The van der Waals surface area contributed by atoms with Crippen molar-refractivity contribution in [3.05, 3.63) is 68.0 Å². The highest BCUT2D eigenvalue weighted by atomic mass is 35.5. The summed E-state index contributed by atoms with van der Waals surface area (Å²) in [6.45, 7) is 0. The number of thioether (sulfide) groups is 1. The molecule has 0 radical (unpaired) electrons. The summed E-state index contributed by atoms with van der Waals surface area (Å²) in [7, 11) is 0. The van der Waals surface area contributed by atoms with E-state index in [2.05, 4.69) is 26.6 Å². The van der Waals surface area contributed by atoms with Gasteiger partial charge in [-0.3, -0.25) is 14.5 Å². The minimum absolute atomic E-state index is 0.0690. The number of benzene rings is 1. The van der Waals surface area contributed by atoms with Crippen LogP contribution >= 0.6 is 57.6 Å². The molecule has 2 aromatic heterocycles. The van der Waals surface area contributed by atoms with E-state index < -0.39 is 5.92 Å². The number of hydrogen-bond acceptors (Lipinski definition) is 11. The molecule has 14 heteroatoms. The van der Waals surface area contributed by atoms with E-state index in [4.69, 9.17) is 28.9 Å². The predicted octanol–water partition coefficient (Wildman–Crippen LogP) is 5.34. The Balaban J connectivity index is 1.47. The maximum Gasteiger partial charge on any atom is 0.236 e. The van der Waals surface area contributed by atoms with Crippen LogP contribution in [0.15, 0.2) is 56.8 Å². The van der Waals surface area contributed by atoms with Gasteiger partial charge in [0.1, 0.15) is 5.82 Å². The van der Waals surface area contributed by atoms with Crippen LogP contribution in [0.2, 0.25) is 10.0 Å². The summed E-state index contributed by atoms with van der Waals surface area (Å²) in [5.41, 5.74) is 8.51. The van der Waals surface area contributed by atoms with Crippen molar-refractivity contribution in [2.75, 3.05) is 16.0 Å². The van der Waals surface area contributed by atoms with Crippen LogP contribution in [0.5, 0.6) is 0 Å². The lowest BCUT2D eigenvalue weighted by molar-refractivity contribution is -0.116. The van der Waals surface area contributed by atoms with Crippen molar-refractivity contribution in [3.8, 4) is 6.07 Å². The molecule has 0 saturated heterocycles. The fourth-order valence-corrected chi connectivity index (χ4v) is 7.01. The standard InChI is InChI=1S/C23H17Cl2N7O2S3/c24-11-4-5-12(14(25)8-11)18-13(9-26)20(27)32(15-2-1-3-16(33)19(15)18)22-30-31-23(37-22)36-10-17(34)29-21-28-6-7-35-21/h4-8,18H,1-3,10,27H2,(H,28,29,34). The maximum absolute atomic E-state index is 13.2. The summed E-state index contributed by atoms with van der Waals surface area (Å²) < 4.78 is 0.544. The fraction of sp³-hybridized carbons (Fsp3) is 0.217. The highest BCUT2D eigenvalue weighted by molar-refractivity contribution is 8.01. The molecule has 1 aliphatic carbocycles. The largest absolute Gasteiger partial charge is 0.384 e. The molecule has 0 spiro atoms. The molecule has 9 nitrogen and oxygen atoms in total. The number of anilines is 2. The number of nitrogens with one attached hydrogen (secondary N) is 1. The molecule has 3 aromatic rings. The van der Waals surface area contributed by atoms with E-state index in [0.29, 0.717) is 60.7 Å². The van der Waals surface area contributed by atoms with Gasteiger partial charge in [-0.25, -0.2) is 4.98 Å². The lowest BCUT2D eigenvalue weighted by atomic mass is 9.76. The zero-order valence-electron chi connectivity index (χ0n) is 18.9. The van der Waals surface area contributed by atoms with Crippen molar-refractivity contribution in [3.63, 3.8) is 0 Å². The zero-order valence-corrected chi connectivity index (χ0v) is 22.9. The van der Waals surface area contributed by atoms with Gasteiger partial charge < -0.3 is 11.1 Å². The van der Waals surface area contributed by atoms with Crippen molar-refractivity contribution >= 4 is 79.6 Å². The molecule has 0 saturated carbocycles. The van der Waals surface area contributed by atoms with E-state index in [-0.39, 0.29) is 28.8 Å². The molecule has 1 atom stereocenters.